The molecule has 0 aliphatic carbocycles. The first-order valence-corrected chi connectivity index (χ1v) is 7.32. The third-order valence-electron chi connectivity index (χ3n) is 3.21. The molecule has 1 heterocycles. The van der Waals surface area contributed by atoms with Crippen LogP contribution in [0.15, 0.2) is 0 Å². The molecule has 1 amide bonds. The summed E-state index contributed by atoms with van der Waals surface area (Å²) in [5.41, 5.74) is -0.246. The second-order valence-corrected chi connectivity index (χ2v) is 6.04. The van der Waals surface area contributed by atoms with Crippen molar-refractivity contribution in [3.05, 3.63) is 0 Å². The third-order valence-corrected chi connectivity index (χ3v) is 3.21. The minimum Gasteiger partial charge on any atom is -0.447 e. The fourth-order valence-corrected chi connectivity index (χ4v) is 2.00. The van der Waals surface area contributed by atoms with E-state index in [-0.39, 0.29) is 24.3 Å². The molecule has 0 bridgehead atoms. The zero-order chi connectivity index (χ0) is 15.0. The highest BCUT2D eigenvalue weighted by Crippen LogP contribution is 2.17. The first-order valence-electron chi connectivity index (χ1n) is 7.32. The van der Waals surface area contributed by atoms with Gasteiger partial charge < -0.3 is 15.0 Å². The summed E-state index contributed by atoms with van der Waals surface area (Å²) in [6.07, 6.45) is 2.35. The van der Waals surface area contributed by atoms with E-state index in [1.165, 1.54) is 0 Å². The summed E-state index contributed by atoms with van der Waals surface area (Å²) in [5, 5.41) is 3.11. The average molecular weight is 288 g/mol. The largest absolute Gasteiger partial charge is 0.447 e. The molecule has 6 nitrogen and oxygen atoms in total. The second-order valence-electron chi connectivity index (χ2n) is 6.04. The Labute approximate surface area is 121 Å². The van der Waals surface area contributed by atoms with Crippen LogP contribution in [0.25, 0.3) is 0 Å². The van der Waals surface area contributed by atoms with E-state index in [9.17, 15) is 4.79 Å². The van der Waals surface area contributed by atoms with E-state index >= 15 is 0 Å². The molecule has 1 aliphatic rings. The lowest BCUT2D eigenvalue weighted by molar-refractivity contribution is -0.278. The Hall–Kier alpha value is -0.850. The maximum Gasteiger partial charge on any atom is 0.410 e. The fourth-order valence-electron chi connectivity index (χ4n) is 2.00. The Balaban J connectivity index is 2.38. The normalized spacial score (nSPS) is 19.1. The van der Waals surface area contributed by atoms with E-state index in [2.05, 4.69) is 5.32 Å². The lowest BCUT2D eigenvalue weighted by atomic mass is 10.1. The van der Waals surface area contributed by atoms with Gasteiger partial charge in [0.25, 0.3) is 0 Å². The summed E-state index contributed by atoms with van der Waals surface area (Å²) in [7, 11) is 1.93. The van der Waals surface area contributed by atoms with E-state index < -0.39 is 0 Å². The van der Waals surface area contributed by atoms with Gasteiger partial charge in [-0.1, -0.05) is 0 Å². The number of carbonyl (C=O) groups excluding carboxylic acids is 1. The summed E-state index contributed by atoms with van der Waals surface area (Å²) >= 11 is 0. The van der Waals surface area contributed by atoms with E-state index in [1.54, 1.807) is 4.90 Å². The minimum absolute atomic E-state index is 0.134. The van der Waals surface area contributed by atoms with Crippen LogP contribution >= 0.6 is 0 Å². The molecule has 1 atom stereocenters. The maximum absolute atomic E-state index is 12.2. The van der Waals surface area contributed by atoms with Crippen LogP contribution in [0.3, 0.4) is 0 Å². The van der Waals surface area contributed by atoms with Crippen LogP contribution in [0.4, 0.5) is 4.79 Å². The van der Waals surface area contributed by atoms with Crippen LogP contribution in [-0.4, -0.2) is 56.0 Å². The molecule has 1 fully saturated rings. The van der Waals surface area contributed by atoms with Crippen molar-refractivity contribution in [2.24, 2.45) is 0 Å². The molecule has 1 unspecified atom stereocenters. The molecule has 1 N–H and O–H groups in total. The summed E-state index contributed by atoms with van der Waals surface area (Å²) in [5.74, 6) is 0. The molecular formula is C14H28N2O4. The molecular weight excluding hydrogens is 260 g/mol. The third kappa shape index (κ3) is 6.07. The fraction of sp³-hybridized carbons (Fsp3) is 0.929. The molecule has 1 rings (SSSR count). The zero-order valence-electron chi connectivity index (χ0n) is 13.1. The van der Waals surface area contributed by atoms with Crippen LogP contribution in [0.2, 0.25) is 0 Å². The summed E-state index contributed by atoms with van der Waals surface area (Å²) in [4.78, 5) is 23.8. The van der Waals surface area contributed by atoms with Gasteiger partial charge in [0.2, 0.25) is 0 Å². The Morgan fingerprint density at radius 1 is 1.40 bits per heavy atom. The van der Waals surface area contributed by atoms with Gasteiger partial charge in [-0.3, -0.25) is 0 Å². The van der Waals surface area contributed by atoms with Gasteiger partial charge in [0, 0.05) is 18.5 Å². The predicted octanol–water partition coefficient (Wildman–Crippen LogP) is 1.94. The van der Waals surface area contributed by atoms with E-state index in [0.29, 0.717) is 13.2 Å². The van der Waals surface area contributed by atoms with Crippen molar-refractivity contribution in [3.63, 3.8) is 0 Å². The van der Waals surface area contributed by atoms with Crippen molar-refractivity contribution < 1.29 is 19.3 Å². The van der Waals surface area contributed by atoms with Crippen molar-refractivity contribution in [1.82, 2.24) is 10.2 Å². The maximum atomic E-state index is 12.2. The van der Waals surface area contributed by atoms with Gasteiger partial charge in [-0.05, 0) is 47.2 Å². The molecule has 1 saturated heterocycles. The van der Waals surface area contributed by atoms with Crippen molar-refractivity contribution in [3.8, 4) is 0 Å². The standard InChI is InChI=1S/C14H28N2O4/c1-14(2,3)16(9-6-5-8-15-4)13(17)18-11-12-7-10-19-20-12/h12,15H,5-11H2,1-4H3. The number of unbranched alkanes of at least 4 members (excludes halogenated alkanes) is 1. The van der Waals surface area contributed by atoms with E-state index in [0.717, 1.165) is 25.8 Å². The molecule has 0 spiro atoms. The molecule has 20 heavy (non-hydrogen) atoms. The summed E-state index contributed by atoms with van der Waals surface area (Å²) in [6.45, 7) is 8.52. The highest BCUT2D eigenvalue weighted by molar-refractivity contribution is 5.68. The number of hydrogen-bond donors (Lipinski definition) is 1. The van der Waals surface area contributed by atoms with Gasteiger partial charge in [-0.15, -0.1) is 0 Å². The van der Waals surface area contributed by atoms with Crippen molar-refractivity contribution in [2.45, 2.75) is 51.7 Å². The number of amides is 1. The Morgan fingerprint density at radius 2 is 2.15 bits per heavy atom. The topological polar surface area (TPSA) is 60.0 Å². The molecule has 0 radical (unpaired) electrons. The average Bonchev–Trinajstić information content (AvgIpc) is 2.87. The molecule has 0 aromatic rings. The number of carbonyl (C=O) groups is 1. The number of ether oxygens (including phenoxy) is 1. The van der Waals surface area contributed by atoms with Crippen LogP contribution in [0.1, 0.15) is 40.0 Å². The Bertz CT molecular complexity index is 285. The molecule has 0 saturated carbocycles. The smallest absolute Gasteiger partial charge is 0.410 e. The predicted molar refractivity (Wildman–Crippen MR) is 76.4 cm³/mol. The number of nitrogens with zero attached hydrogens (tertiary/aromatic N) is 1. The van der Waals surface area contributed by atoms with Crippen LogP contribution < -0.4 is 5.32 Å². The van der Waals surface area contributed by atoms with Crippen LogP contribution in [0, 0.1) is 0 Å². The van der Waals surface area contributed by atoms with Crippen molar-refractivity contribution in [2.75, 3.05) is 33.4 Å². The first kappa shape index (κ1) is 17.2. The Morgan fingerprint density at radius 3 is 2.70 bits per heavy atom. The highest BCUT2D eigenvalue weighted by atomic mass is 17.2. The summed E-state index contributed by atoms with van der Waals surface area (Å²) in [6, 6.07) is 0. The van der Waals surface area contributed by atoms with Gasteiger partial charge in [0.15, 0.2) is 0 Å². The monoisotopic (exact) mass is 288 g/mol. The quantitative estimate of drug-likeness (QED) is 0.573. The lowest BCUT2D eigenvalue weighted by Crippen LogP contribution is -2.47. The molecule has 6 heteroatoms. The zero-order valence-corrected chi connectivity index (χ0v) is 13.1. The van der Waals surface area contributed by atoms with Gasteiger partial charge in [-0.25, -0.2) is 14.6 Å². The van der Waals surface area contributed by atoms with Gasteiger partial charge in [0.1, 0.15) is 12.7 Å². The van der Waals surface area contributed by atoms with Gasteiger partial charge >= 0.3 is 6.09 Å². The van der Waals surface area contributed by atoms with Crippen molar-refractivity contribution in [1.29, 1.82) is 0 Å². The minimum atomic E-state index is -0.280. The number of hydrogen-bond acceptors (Lipinski definition) is 5. The van der Waals surface area contributed by atoms with E-state index in [1.807, 2.05) is 27.8 Å². The SMILES string of the molecule is CNCCCCN(C(=O)OCC1CCOO1)C(C)(C)C. The Kier molecular flexibility index (Phi) is 7.26. The molecule has 0 aromatic carbocycles. The van der Waals surface area contributed by atoms with Gasteiger partial charge in [-0.2, -0.15) is 0 Å². The first-order chi connectivity index (χ1) is 9.45. The number of rotatable bonds is 7. The summed E-state index contributed by atoms with van der Waals surface area (Å²) < 4.78 is 5.34. The van der Waals surface area contributed by atoms with Gasteiger partial charge in [0.05, 0.1) is 6.61 Å². The number of nitrogens with one attached hydrogen (secondary N) is 1. The van der Waals surface area contributed by atoms with E-state index in [4.69, 9.17) is 14.5 Å². The van der Waals surface area contributed by atoms with Crippen molar-refractivity contribution >= 4 is 6.09 Å². The van der Waals surface area contributed by atoms with Crippen LogP contribution in [0.5, 0.6) is 0 Å². The highest BCUT2D eigenvalue weighted by Gasteiger charge is 2.28. The van der Waals surface area contributed by atoms with Crippen LogP contribution in [-0.2, 0) is 14.5 Å². The lowest BCUT2D eigenvalue weighted by Gasteiger charge is -2.35. The molecule has 1 aliphatic heterocycles. The molecule has 118 valence electrons. The second kappa shape index (κ2) is 8.44. The molecule has 0 aromatic heterocycles.